The fourth-order valence-electron chi connectivity index (χ4n) is 3.91. The Morgan fingerprint density at radius 2 is 1.82 bits per heavy atom. The molecule has 3 aliphatic carbocycles. The van der Waals surface area contributed by atoms with Crippen LogP contribution in [0.4, 0.5) is 0 Å². The first kappa shape index (κ1) is 6.47. The van der Waals surface area contributed by atoms with E-state index in [0.717, 1.165) is 24.2 Å². The van der Waals surface area contributed by atoms with Gasteiger partial charge in [-0.05, 0) is 49.4 Å². The molecule has 62 valence electrons. The van der Waals surface area contributed by atoms with Gasteiger partial charge in [-0.1, -0.05) is 6.42 Å². The highest BCUT2D eigenvalue weighted by molar-refractivity contribution is 5.00. The SMILES string of the molecule is O[C@@H]1C[C@@H]2C[C@@H]3CC[C@H]1[C@H]2C3. The Morgan fingerprint density at radius 1 is 0.909 bits per heavy atom. The minimum atomic E-state index is 0.0752. The number of hydrogen-bond donors (Lipinski definition) is 1. The predicted octanol–water partition coefficient (Wildman–Crippen LogP) is 1.80. The number of rotatable bonds is 0. The largest absolute Gasteiger partial charge is 0.393 e. The van der Waals surface area contributed by atoms with Crippen molar-refractivity contribution in [2.24, 2.45) is 23.7 Å². The van der Waals surface area contributed by atoms with Crippen LogP contribution in [0.3, 0.4) is 0 Å². The molecule has 3 rings (SSSR count). The standard InChI is InChI=1S/C10H16O/c11-10-5-7-3-6-1-2-8(10)9(7)4-6/h6-11H,1-5H2/t6-,7-,8-,9-,10+/m0/s1. The van der Waals surface area contributed by atoms with Crippen molar-refractivity contribution in [3.8, 4) is 0 Å². The molecular weight excluding hydrogens is 136 g/mol. The van der Waals surface area contributed by atoms with Crippen molar-refractivity contribution < 1.29 is 5.11 Å². The molecule has 11 heavy (non-hydrogen) atoms. The molecule has 3 aliphatic rings. The summed E-state index contributed by atoms with van der Waals surface area (Å²) in [5.41, 5.74) is 0. The lowest BCUT2D eigenvalue weighted by Crippen LogP contribution is -2.23. The van der Waals surface area contributed by atoms with E-state index in [2.05, 4.69) is 0 Å². The molecular formula is C10H16O. The summed E-state index contributed by atoms with van der Waals surface area (Å²) in [4.78, 5) is 0. The van der Waals surface area contributed by atoms with E-state index in [9.17, 15) is 5.11 Å². The first-order valence-electron chi connectivity index (χ1n) is 5.02. The predicted molar refractivity (Wildman–Crippen MR) is 43.1 cm³/mol. The van der Waals surface area contributed by atoms with Gasteiger partial charge in [0.15, 0.2) is 0 Å². The lowest BCUT2D eigenvalue weighted by atomic mass is 9.80. The highest BCUT2D eigenvalue weighted by Gasteiger charge is 2.50. The lowest BCUT2D eigenvalue weighted by Gasteiger charge is -2.27. The lowest BCUT2D eigenvalue weighted by molar-refractivity contribution is 0.0865. The number of hydrogen-bond acceptors (Lipinski definition) is 1. The van der Waals surface area contributed by atoms with Gasteiger partial charge >= 0.3 is 0 Å². The molecule has 1 N–H and O–H groups in total. The van der Waals surface area contributed by atoms with Crippen LogP contribution in [-0.4, -0.2) is 11.2 Å². The van der Waals surface area contributed by atoms with Gasteiger partial charge in [0.1, 0.15) is 0 Å². The summed E-state index contributed by atoms with van der Waals surface area (Å²) < 4.78 is 0. The van der Waals surface area contributed by atoms with E-state index in [4.69, 9.17) is 0 Å². The van der Waals surface area contributed by atoms with Crippen LogP contribution in [0.1, 0.15) is 32.1 Å². The highest BCUT2D eigenvalue weighted by atomic mass is 16.3. The molecule has 0 heterocycles. The number of fused-ring (bicyclic) bond motifs is 1. The summed E-state index contributed by atoms with van der Waals surface area (Å²) in [6.45, 7) is 0. The fraction of sp³-hybridized carbons (Fsp3) is 1.00. The van der Waals surface area contributed by atoms with Crippen LogP contribution in [-0.2, 0) is 0 Å². The summed E-state index contributed by atoms with van der Waals surface area (Å²) in [5, 5.41) is 9.72. The average molecular weight is 152 g/mol. The summed E-state index contributed by atoms with van der Waals surface area (Å²) >= 11 is 0. The first-order chi connectivity index (χ1) is 5.34. The van der Waals surface area contributed by atoms with Gasteiger partial charge in [-0.25, -0.2) is 0 Å². The molecule has 0 aromatic heterocycles. The average Bonchev–Trinajstić information content (AvgIpc) is 2.40. The Hall–Kier alpha value is -0.0400. The third-order valence-corrected chi connectivity index (χ3v) is 4.34. The monoisotopic (exact) mass is 152 g/mol. The Balaban J connectivity index is 1.92. The van der Waals surface area contributed by atoms with E-state index in [1.54, 1.807) is 0 Å². The summed E-state index contributed by atoms with van der Waals surface area (Å²) in [6.07, 6.45) is 6.84. The Labute approximate surface area is 67.8 Å². The maximum absolute atomic E-state index is 9.72. The van der Waals surface area contributed by atoms with Crippen LogP contribution in [0.15, 0.2) is 0 Å². The molecule has 0 aliphatic heterocycles. The van der Waals surface area contributed by atoms with Crippen molar-refractivity contribution in [3.05, 3.63) is 0 Å². The minimum Gasteiger partial charge on any atom is -0.393 e. The fourth-order valence-corrected chi connectivity index (χ4v) is 3.91. The van der Waals surface area contributed by atoms with Crippen molar-refractivity contribution in [3.63, 3.8) is 0 Å². The molecule has 3 saturated carbocycles. The van der Waals surface area contributed by atoms with E-state index < -0.39 is 0 Å². The second-order valence-electron chi connectivity index (χ2n) is 4.81. The molecule has 0 amide bonds. The van der Waals surface area contributed by atoms with E-state index in [-0.39, 0.29) is 6.10 Å². The van der Waals surface area contributed by atoms with E-state index in [1.165, 1.54) is 25.7 Å². The summed E-state index contributed by atoms with van der Waals surface area (Å²) in [6, 6.07) is 0. The van der Waals surface area contributed by atoms with E-state index in [0.29, 0.717) is 5.92 Å². The highest BCUT2D eigenvalue weighted by Crippen LogP contribution is 2.56. The van der Waals surface area contributed by atoms with Gasteiger partial charge in [-0.15, -0.1) is 0 Å². The van der Waals surface area contributed by atoms with Gasteiger partial charge in [-0.3, -0.25) is 0 Å². The number of aliphatic hydroxyl groups excluding tert-OH is 1. The molecule has 0 spiro atoms. The van der Waals surface area contributed by atoms with Crippen LogP contribution < -0.4 is 0 Å². The molecule has 0 aromatic carbocycles. The van der Waals surface area contributed by atoms with Crippen LogP contribution in [0.2, 0.25) is 0 Å². The first-order valence-corrected chi connectivity index (χ1v) is 5.02. The Kier molecular flexibility index (Phi) is 1.18. The second-order valence-corrected chi connectivity index (χ2v) is 4.81. The van der Waals surface area contributed by atoms with Crippen molar-refractivity contribution >= 4 is 0 Å². The van der Waals surface area contributed by atoms with Crippen molar-refractivity contribution in [2.75, 3.05) is 0 Å². The van der Waals surface area contributed by atoms with Gasteiger partial charge in [0.05, 0.1) is 6.10 Å². The zero-order valence-electron chi connectivity index (χ0n) is 6.87. The molecule has 1 heteroatoms. The summed E-state index contributed by atoms with van der Waals surface area (Å²) in [5.74, 6) is 3.61. The van der Waals surface area contributed by atoms with Crippen LogP contribution in [0, 0.1) is 23.7 Å². The minimum absolute atomic E-state index is 0.0752. The van der Waals surface area contributed by atoms with Gasteiger partial charge in [0.2, 0.25) is 0 Å². The molecule has 3 fully saturated rings. The maximum atomic E-state index is 9.72. The molecule has 5 atom stereocenters. The van der Waals surface area contributed by atoms with Crippen molar-refractivity contribution in [1.82, 2.24) is 0 Å². The molecule has 0 radical (unpaired) electrons. The van der Waals surface area contributed by atoms with Crippen LogP contribution >= 0.6 is 0 Å². The van der Waals surface area contributed by atoms with Gasteiger partial charge in [0, 0.05) is 0 Å². The zero-order valence-corrected chi connectivity index (χ0v) is 6.87. The smallest absolute Gasteiger partial charge is 0.0573 e. The third-order valence-electron chi connectivity index (χ3n) is 4.34. The van der Waals surface area contributed by atoms with Crippen molar-refractivity contribution in [1.29, 1.82) is 0 Å². The van der Waals surface area contributed by atoms with E-state index >= 15 is 0 Å². The van der Waals surface area contributed by atoms with Crippen molar-refractivity contribution in [2.45, 2.75) is 38.2 Å². The van der Waals surface area contributed by atoms with Crippen LogP contribution in [0.5, 0.6) is 0 Å². The normalized spacial score (nSPS) is 60.3. The van der Waals surface area contributed by atoms with Gasteiger partial charge in [-0.2, -0.15) is 0 Å². The Morgan fingerprint density at radius 3 is 2.73 bits per heavy atom. The summed E-state index contributed by atoms with van der Waals surface area (Å²) in [7, 11) is 0. The van der Waals surface area contributed by atoms with Gasteiger partial charge < -0.3 is 5.11 Å². The quantitative estimate of drug-likeness (QED) is 0.561. The van der Waals surface area contributed by atoms with E-state index in [1.807, 2.05) is 0 Å². The maximum Gasteiger partial charge on any atom is 0.0573 e. The molecule has 0 saturated heterocycles. The van der Waals surface area contributed by atoms with Gasteiger partial charge in [0.25, 0.3) is 0 Å². The van der Waals surface area contributed by atoms with Crippen LogP contribution in [0.25, 0.3) is 0 Å². The molecule has 2 bridgehead atoms. The molecule has 0 aromatic rings. The molecule has 0 unspecified atom stereocenters. The third kappa shape index (κ3) is 0.752. The topological polar surface area (TPSA) is 20.2 Å². The number of aliphatic hydroxyl groups is 1. The zero-order chi connectivity index (χ0) is 7.42. The second kappa shape index (κ2) is 2.01. The Bertz CT molecular complexity index is 174. The molecule has 1 nitrogen and oxygen atoms in total.